The summed E-state index contributed by atoms with van der Waals surface area (Å²) in [6.45, 7) is 6.98. The molecular weight excluding hydrogens is 246 g/mol. The quantitative estimate of drug-likeness (QED) is 0.390. The molecule has 0 spiro atoms. The molecule has 2 amide bonds. The molecule has 100 valence electrons. The predicted molar refractivity (Wildman–Crippen MR) is 68.7 cm³/mol. The summed E-state index contributed by atoms with van der Waals surface area (Å²) >= 11 is 0. The lowest BCUT2D eigenvalue weighted by Gasteiger charge is -2.28. The first-order valence-electron chi connectivity index (χ1n) is 5.91. The molecule has 0 saturated heterocycles. The van der Waals surface area contributed by atoms with Gasteiger partial charge in [-0.25, -0.2) is 4.89 Å². The van der Waals surface area contributed by atoms with E-state index in [0.29, 0.717) is 16.7 Å². The molecule has 2 rings (SSSR count). The van der Waals surface area contributed by atoms with Crippen molar-refractivity contribution in [3.8, 4) is 0 Å². The van der Waals surface area contributed by atoms with Crippen LogP contribution in [0.25, 0.3) is 0 Å². The average Bonchev–Trinajstić information content (AvgIpc) is 2.63. The van der Waals surface area contributed by atoms with Gasteiger partial charge in [0.15, 0.2) is 0 Å². The summed E-state index contributed by atoms with van der Waals surface area (Å²) in [6, 6.07) is 6.00. The van der Waals surface area contributed by atoms with Crippen molar-refractivity contribution in [1.82, 2.24) is 4.90 Å². The van der Waals surface area contributed by atoms with Crippen LogP contribution in [0.2, 0.25) is 0 Å². The first kappa shape index (κ1) is 13.5. The van der Waals surface area contributed by atoms with Crippen molar-refractivity contribution in [2.45, 2.75) is 26.0 Å². The standard InChI is InChI=1S/C14H15NO4/c1-8(2)12(19-18)9(3)15-13(16)10-6-4-5-7-11(10)14(15)17/h4-7,9,12,18H,1H2,2-3H3/t9-,12+/m0/s1. The van der Waals surface area contributed by atoms with Crippen molar-refractivity contribution in [3.05, 3.63) is 47.5 Å². The van der Waals surface area contributed by atoms with Crippen LogP contribution < -0.4 is 0 Å². The van der Waals surface area contributed by atoms with Gasteiger partial charge in [-0.3, -0.25) is 19.7 Å². The lowest BCUT2D eigenvalue weighted by Crippen LogP contribution is -2.46. The van der Waals surface area contributed by atoms with Crippen LogP contribution in [0.15, 0.2) is 36.4 Å². The van der Waals surface area contributed by atoms with Crippen molar-refractivity contribution >= 4 is 11.8 Å². The maximum atomic E-state index is 12.2. The van der Waals surface area contributed by atoms with Crippen LogP contribution in [0, 0.1) is 0 Å². The molecule has 1 aromatic carbocycles. The predicted octanol–water partition coefficient (Wildman–Crippen LogP) is 2.11. The van der Waals surface area contributed by atoms with Crippen LogP contribution in [0.3, 0.4) is 0 Å². The van der Waals surface area contributed by atoms with E-state index in [0.717, 1.165) is 4.90 Å². The lowest BCUT2D eigenvalue weighted by molar-refractivity contribution is -0.276. The molecule has 0 fully saturated rings. The molecule has 1 heterocycles. The molecule has 19 heavy (non-hydrogen) atoms. The summed E-state index contributed by atoms with van der Waals surface area (Å²) in [7, 11) is 0. The molecule has 2 atom stereocenters. The fourth-order valence-electron chi connectivity index (χ4n) is 2.30. The largest absolute Gasteiger partial charge is 0.269 e. The van der Waals surface area contributed by atoms with Gasteiger partial charge in [0.1, 0.15) is 6.10 Å². The smallest absolute Gasteiger partial charge is 0.261 e. The van der Waals surface area contributed by atoms with Crippen LogP contribution in [0.4, 0.5) is 0 Å². The molecule has 0 saturated carbocycles. The minimum Gasteiger partial charge on any atom is -0.269 e. The zero-order chi connectivity index (χ0) is 14.2. The number of benzene rings is 1. The number of amides is 2. The molecule has 1 aliphatic rings. The Balaban J connectivity index is 2.36. The van der Waals surface area contributed by atoms with Crippen molar-refractivity contribution in [3.63, 3.8) is 0 Å². The Bertz CT molecular complexity index is 517. The van der Waals surface area contributed by atoms with Gasteiger partial charge >= 0.3 is 0 Å². The van der Waals surface area contributed by atoms with Gasteiger partial charge in [0.25, 0.3) is 11.8 Å². The van der Waals surface area contributed by atoms with Gasteiger partial charge < -0.3 is 0 Å². The molecule has 5 nitrogen and oxygen atoms in total. The van der Waals surface area contributed by atoms with E-state index < -0.39 is 12.1 Å². The number of hydrogen-bond acceptors (Lipinski definition) is 4. The first-order valence-corrected chi connectivity index (χ1v) is 5.91. The molecule has 0 bridgehead atoms. The monoisotopic (exact) mass is 261 g/mol. The summed E-state index contributed by atoms with van der Waals surface area (Å²) in [5.41, 5.74) is 1.28. The molecule has 5 heteroatoms. The van der Waals surface area contributed by atoms with E-state index in [4.69, 9.17) is 5.26 Å². The third-order valence-electron chi connectivity index (χ3n) is 3.27. The van der Waals surface area contributed by atoms with Gasteiger partial charge in [0.05, 0.1) is 17.2 Å². The Morgan fingerprint density at radius 3 is 2.11 bits per heavy atom. The number of carbonyl (C=O) groups is 2. The van der Waals surface area contributed by atoms with Gasteiger partial charge in [-0.1, -0.05) is 18.7 Å². The number of fused-ring (bicyclic) bond motifs is 1. The van der Waals surface area contributed by atoms with E-state index in [1.54, 1.807) is 38.1 Å². The highest BCUT2D eigenvalue weighted by Crippen LogP contribution is 2.27. The summed E-state index contributed by atoms with van der Waals surface area (Å²) in [4.78, 5) is 29.9. The highest BCUT2D eigenvalue weighted by molar-refractivity contribution is 6.21. The summed E-state index contributed by atoms with van der Waals surface area (Å²) in [5, 5.41) is 8.91. The van der Waals surface area contributed by atoms with E-state index in [1.807, 2.05) is 0 Å². The molecular formula is C14H15NO4. The maximum absolute atomic E-state index is 12.2. The summed E-state index contributed by atoms with van der Waals surface area (Å²) in [5.74, 6) is -0.757. The van der Waals surface area contributed by atoms with E-state index in [1.165, 1.54) is 0 Å². The van der Waals surface area contributed by atoms with Crippen LogP contribution in [0.1, 0.15) is 34.6 Å². The van der Waals surface area contributed by atoms with E-state index >= 15 is 0 Å². The van der Waals surface area contributed by atoms with Gasteiger partial charge in [0, 0.05) is 0 Å². The summed E-state index contributed by atoms with van der Waals surface area (Å²) in [6.07, 6.45) is -0.804. The van der Waals surface area contributed by atoms with Crippen LogP contribution in [0.5, 0.6) is 0 Å². The van der Waals surface area contributed by atoms with Crippen molar-refractivity contribution in [2.75, 3.05) is 0 Å². The third-order valence-corrected chi connectivity index (χ3v) is 3.27. The molecule has 0 unspecified atom stereocenters. The van der Waals surface area contributed by atoms with Crippen molar-refractivity contribution in [1.29, 1.82) is 0 Å². The first-order chi connectivity index (χ1) is 8.99. The normalized spacial score (nSPS) is 17.3. The zero-order valence-corrected chi connectivity index (χ0v) is 10.8. The highest BCUT2D eigenvalue weighted by Gasteiger charge is 2.41. The number of carbonyl (C=O) groups excluding carboxylic acids is 2. The second-order valence-corrected chi connectivity index (χ2v) is 4.64. The van der Waals surface area contributed by atoms with Crippen molar-refractivity contribution in [2.24, 2.45) is 0 Å². The second kappa shape index (κ2) is 4.95. The maximum Gasteiger partial charge on any atom is 0.261 e. The third kappa shape index (κ3) is 2.07. The fraction of sp³-hybridized carbons (Fsp3) is 0.286. The van der Waals surface area contributed by atoms with Gasteiger partial charge in [-0.15, -0.1) is 0 Å². The Kier molecular flexibility index (Phi) is 3.50. The number of rotatable bonds is 4. The van der Waals surface area contributed by atoms with E-state index in [-0.39, 0.29) is 11.8 Å². The lowest BCUT2D eigenvalue weighted by atomic mass is 10.1. The molecule has 1 aromatic rings. The second-order valence-electron chi connectivity index (χ2n) is 4.64. The van der Waals surface area contributed by atoms with Crippen LogP contribution in [-0.2, 0) is 4.89 Å². The van der Waals surface area contributed by atoms with E-state index in [2.05, 4.69) is 11.5 Å². The van der Waals surface area contributed by atoms with E-state index in [9.17, 15) is 9.59 Å². The van der Waals surface area contributed by atoms with Crippen molar-refractivity contribution < 1.29 is 19.7 Å². The van der Waals surface area contributed by atoms with Gasteiger partial charge in [-0.05, 0) is 31.6 Å². The van der Waals surface area contributed by atoms with Crippen LogP contribution >= 0.6 is 0 Å². The Hall–Kier alpha value is -1.98. The minimum absolute atomic E-state index is 0.373. The molecule has 0 radical (unpaired) electrons. The highest BCUT2D eigenvalue weighted by atomic mass is 17.1. The number of nitrogens with zero attached hydrogens (tertiary/aromatic N) is 1. The molecule has 1 N–H and O–H groups in total. The SMILES string of the molecule is C=C(C)[C@@H](OO)[C@H](C)N1C(=O)c2ccccc2C1=O. The number of hydrogen-bond donors (Lipinski definition) is 1. The van der Waals surface area contributed by atoms with Gasteiger partial charge in [0.2, 0.25) is 0 Å². The Labute approximate surface area is 111 Å². The fourth-order valence-corrected chi connectivity index (χ4v) is 2.30. The Morgan fingerprint density at radius 1 is 1.26 bits per heavy atom. The average molecular weight is 261 g/mol. The summed E-state index contributed by atoms with van der Waals surface area (Å²) < 4.78 is 0. The molecule has 0 aromatic heterocycles. The topological polar surface area (TPSA) is 66.8 Å². The van der Waals surface area contributed by atoms with Gasteiger partial charge in [-0.2, -0.15) is 0 Å². The molecule has 0 aliphatic carbocycles. The minimum atomic E-state index is -0.804. The number of imide groups is 1. The zero-order valence-electron chi connectivity index (χ0n) is 10.8. The van der Waals surface area contributed by atoms with Crippen LogP contribution in [-0.4, -0.2) is 34.1 Å². The Morgan fingerprint density at radius 2 is 1.74 bits per heavy atom. The molecule has 1 aliphatic heterocycles.